The fourth-order valence-electron chi connectivity index (χ4n) is 0.191. The van der Waals surface area contributed by atoms with Crippen LogP contribution >= 0.6 is 7.60 Å². The molecule has 0 fully saturated rings. The maximum Gasteiger partial charge on any atom is 0.431 e. The van der Waals surface area contributed by atoms with Crippen LogP contribution in [-0.2, 0) is 4.57 Å². The fourth-order valence-corrected chi connectivity index (χ4v) is 0.572. The summed E-state index contributed by atoms with van der Waals surface area (Å²) in [6, 6.07) is 0. The van der Waals surface area contributed by atoms with Crippen LogP contribution in [0, 0.1) is 0 Å². The zero-order chi connectivity index (χ0) is 8.58. The van der Waals surface area contributed by atoms with Gasteiger partial charge >= 0.3 is 13.8 Å². The van der Waals surface area contributed by atoms with E-state index in [-0.39, 0.29) is 0 Å². The number of hydrogen-bond donors (Lipinski definition) is 2. The van der Waals surface area contributed by atoms with Crippen molar-refractivity contribution in [1.82, 2.24) is 0 Å². The van der Waals surface area contributed by atoms with Gasteiger partial charge in [0.15, 0.2) is 0 Å². The molecule has 0 rings (SSSR count). The molecule has 0 heterocycles. The first kappa shape index (κ1) is 9.87. The SMILES string of the molecule is O=P(O)(O)C(F)C(F)(F)F. The minimum Gasteiger partial charge on any atom is -0.322 e. The Kier molecular flexibility index (Phi) is 2.45. The molecule has 0 aromatic carbocycles. The van der Waals surface area contributed by atoms with Crippen LogP contribution in [-0.4, -0.2) is 21.9 Å². The first-order valence-corrected chi connectivity index (χ1v) is 3.60. The molecule has 0 aliphatic rings. The van der Waals surface area contributed by atoms with Crippen molar-refractivity contribution in [3.63, 3.8) is 0 Å². The Labute approximate surface area is 52.8 Å². The van der Waals surface area contributed by atoms with E-state index in [1.54, 1.807) is 0 Å². The summed E-state index contributed by atoms with van der Waals surface area (Å²) in [7, 11) is -5.67. The van der Waals surface area contributed by atoms with Crippen LogP contribution in [0.5, 0.6) is 0 Å². The van der Waals surface area contributed by atoms with E-state index >= 15 is 0 Å². The normalized spacial score (nSPS) is 17.0. The molecular formula is C2H3F4O3P. The largest absolute Gasteiger partial charge is 0.431 e. The quantitative estimate of drug-likeness (QED) is 0.470. The summed E-state index contributed by atoms with van der Waals surface area (Å²) in [5.41, 5.74) is 0. The van der Waals surface area contributed by atoms with Crippen LogP contribution in [0.25, 0.3) is 0 Å². The molecule has 0 saturated carbocycles. The zero-order valence-electron chi connectivity index (χ0n) is 4.34. The van der Waals surface area contributed by atoms with Crippen molar-refractivity contribution in [2.45, 2.75) is 12.1 Å². The smallest absolute Gasteiger partial charge is 0.322 e. The van der Waals surface area contributed by atoms with Crippen LogP contribution < -0.4 is 0 Å². The second-order valence-corrected chi connectivity index (χ2v) is 3.10. The third kappa shape index (κ3) is 2.64. The fraction of sp³-hybridized carbons (Fsp3) is 1.00. The highest BCUT2D eigenvalue weighted by atomic mass is 31.2. The van der Waals surface area contributed by atoms with E-state index in [9.17, 15) is 22.1 Å². The van der Waals surface area contributed by atoms with Gasteiger partial charge in [-0.15, -0.1) is 0 Å². The van der Waals surface area contributed by atoms with Gasteiger partial charge in [-0.25, -0.2) is 4.39 Å². The molecule has 62 valence electrons. The first-order chi connectivity index (χ1) is 4.15. The van der Waals surface area contributed by atoms with Crippen LogP contribution in [0.3, 0.4) is 0 Å². The minimum atomic E-state index is -5.67. The number of alkyl halides is 4. The van der Waals surface area contributed by atoms with E-state index in [0.29, 0.717) is 0 Å². The molecule has 1 unspecified atom stereocenters. The molecule has 0 amide bonds. The Balaban J connectivity index is 4.39. The van der Waals surface area contributed by atoms with E-state index in [4.69, 9.17) is 9.79 Å². The van der Waals surface area contributed by atoms with Crippen molar-refractivity contribution < 1.29 is 31.9 Å². The number of rotatable bonds is 1. The lowest BCUT2D eigenvalue weighted by molar-refractivity contribution is -0.160. The third-order valence-corrected chi connectivity index (χ3v) is 1.45. The monoisotopic (exact) mass is 182 g/mol. The van der Waals surface area contributed by atoms with Crippen LogP contribution in [0.15, 0.2) is 0 Å². The Morgan fingerprint density at radius 1 is 1.30 bits per heavy atom. The molecule has 0 spiro atoms. The summed E-state index contributed by atoms with van der Waals surface area (Å²) in [5.74, 6) is -4.07. The molecule has 0 bridgehead atoms. The molecule has 0 aliphatic carbocycles. The topological polar surface area (TPSA) is 57.5 Å². The molecule has 8 heteroatoms. The summed E-state index contributed by atoms with van der Waals surface area (Å²) in [6.07, 6.45) is -5.49. The van der Waals surface area contributed by atoms with Gasteiger partial charge in [-0.2, -0.15) is 13.2 Å². The first-order valence-electron chi connectivity index (χ1n) is 1.91. The maximum atomic E-state index is 11.5. The lowest BCUT2D eigenvalue weighted by Gasteiger charge is -2.12. The summed E-state index contributed by atoms with van der Waals surface area (Å²) in [4.78, 5) is 15.3. The van der Waals surface area contributed by atoms with Crippen LogP contribution in [0.2, 0.25) is 0 Å². The summed E-state index contributed by atoms with van der Waals surface area (Å²) in [5, 5.41) is 0. The highest BCUT2D eigenvalue weighted by molar-refractivity contribution is 7.52. The third-order valence-electron chi connectivity index (χ3n) is 0.565. The second-order valence-electron chi connectivity index (χ2n) is 1.47. The Morgan fingerprint density at radius 3 is 1.60 bits per heavy atom. The molecule has 0 aromatic rings. The van der Waals surface area contributed by atoms with Gasteiger partial charge in [0.1, 0.15) is 0 Å². The predicted molar refractivity (Wildman–Crippen MR) is 23.0 cm³/mol. The molecule has 1 atom stereocenters. The minimum absolute atomic E-state index is 4.07. The van der Waals surface area contributed by atoms with Crippen molar-refractivity contribution in [2.24, 2.45) is 0 Å². The summed E-state index contributed by atoms with van der Waals surface area (Å²) < 4.78 is 54.3. The van der Waals surface area contributed by atoms with Crippen molar-refractivity contribution in [3.05, 3.63) is 0 Å². The van der Waals surface area contributed by atoms with Gasteiger partial charge in [0.05, 0.1) is 0 Å². The van der Waals surface area contributed by atoms with E-state index in [2.05, 4.69) is 0 Å². The highest BCUT2D eigenvalue weighted by Crippen LogP contribution is 2.49. The van der Waals surface area contributed by atoms with Gasteiger partial charge in [-0.05, 0) is 0 Å². The van der Waals surface area contributed by atoms with Crippen molar-refractivity contribution in [2.75, 3.05) is 0 Å². The molecule has 10 heavy (non-hydrogen) atoms. The number of halogens is 4. The van der Waals surface area contributed by atoms with Crippen LogP contribution in [0.1, 0.15) is 0 Å². The van der Waals surface area contributed by atoms with E-state index in [0.717, 1.165) is 0 Å². The second kappa shape index (κ2) is 2.48. The van der Waals surface area contributed by atoms with Crippen molar-refractivity contribution in [1.29, 1.82) is 0 Å². The molecule has 3 nitrogen and oxygen atoms in total. The molecule has 0 radical (unpaired) electrons. The maximum absolute atomic E-state index is 11.5. The molecule has 2 N–H and O–H groups in total. The van der Waals surface area contributed by atoms with Gasteiger partial charge in [0.25, 0.3) is 5.91 Å². The predicted octanol–water partition coefficient (Wildman–Crippen LogP) is 1.02. The average Bonchev–Trinajstić information content (AvgIpc) is 1.59. The lowest BCUT2D eigenvalue weighted by atomic mass is 10.7. The molecule has 0 aliphatic heterocycles. The van der Waals surface area contributed by atoms with Crippen LogP contribution in [0.4, 0.5) is 17.6 Å². The van der Waals surface area contributed by atoms with E-state index in [1.165, 1.54) is 0 Å². The molecule has 0 saturated heterocycles. The van der Waals surface area contributed by atoms with Gasteiger partial charge in [-0.1, -0.05) is 0 Å². The van der Waals surface area contributed by atoms with Gasteiger partial charge in [0, 0.05) is 0 Å². The Morgan fingerprint density at radius 2 is 1.60 bits per heavy atom. The zero-order valence-corrected chi connectivity index (χ0v) is 5.23. The summed E-state index contributed by atoms with van der Waals surface area (Å²) >= 11 is 0. The average molecular weight is 182 g/mol. The van der Waals surface area contributed by atoms with Gasteiger partial charge in [0.2, 0.25) is 0 Å². The lowest BCUT2D eigenvalue weighted by Crippen LogP contribution is -2.23. The van der Waals surface area contributed by atoms with Gasteiger partial charge < -0.3 is 9.79 Å². The highest BCUT2D eigenvalue weighted by Gasteiger charge is 2.51. The summed E-state index contributed by atoms with van der Waals surface area (Å²) in [6.45, 7) is 0. The van der Waals surface area contributed by atoms with Crippen molar-refractivity contribution >= 4 is 7.60 Å². The van der Waals surface area contributed by atoms with E-state index in [1.807, 2.05) is 0 Å². The number of hydrogen-bond acceptors (Lipinski definition) is 1. The van der Waals surface area contributed by atoms with E-state index < -0.39 is 19.7 Å². The Hall–Kier alpha value is -0.130. The molecular weight excluding hydrogens is 179 g/mol. The van der Waals surface area contributed by atoms with Crippen molar-refractivity contribution in [3.8, 4) is 0 Å². The van der Waals surface area contributed by atoms with Gasteiger partial charge in [-0.3, -0.25) is 4.57 Å². The Bertz CT molecular complexity index is 158. The molecule has 0 aromatic heterocycles. The standard InChI is InChI=1S/C2H3F4O3P/c3-1(2(4,5)6)10(7,8)9/h1H,(H2,7,8,9).